The van der Waals surface area contributed by atoms with Crippen LogP contribution in [0, 0.1) is 13.8 Å². The highest BCUT2D eigenvalue weighted by atomic mass is 32.2. The van der Waals surface area contributed by atoms with Gasteiger partial charge in [-0.25, -0.2) is 18.1 Å². The summed E-state index contributed by atoms with van der Waals surface area (Å²) >= 11 is 0. The Bertz CT molecular complexity index is 700. The van der Waals surface area contributed by atoms with Crippen LogP contribution in [-0.4, -0.2) is 24.0 Å². The van der Waals surface area contributed by atoms with Crippen molar-refractivity contribution in [2.75, 3.05) is 5.73 Å². The van der Waals surface area contributed by atoms with Gasteiger partial charge in [0.1, 0.15) is 0 Å². The quantitative estimate of drug-likeness (QED) is 0.818. The topological polar surface area (TPSA) is 90.0 Å². The number of hydrogen-bond donors (Lipinski definition) is 2. The number of nitrogen functional groups attached to an aromatic ring is 1. The zero-order chi connectivity index (χ0) is 15.6. The van der Waals surface area contributed by atoms with Gasteiger partial charge in [0, 0.05) is 30.7 Å². The Kier molecular flexibility index (Phi) is 4.34. The van der Waals surface area contributed by atoms with Crippen molar-refractivity contribution in [3.63, 3.8) is 0 Å². The monoisotopic (exact) mass is 308 g/mol. The predicted molar refractivity (Wildman–Crippen MR) is 82.3 cm³/mol. The second-order valence-electron chi connectivity index (χ2n) is 5.27. The molecule has 0 bridgehead atoms. The largest absolute Gasteiger partial charge is 0.399 e. The van der Waals surface area contributed by atoms with Gasteiger partial charge < -0.3 is 10.3 Å². The van der Waals surface area contributed by atoms with E-state index in [9.17, 15) is 8.42 Å². The number of rotatable bonds is 5. The standard InChI is InChI=1S/C14H20N4O2S/c1-10-6-13(15)7-11(2)14(10)21(19,20)17-12(3)8-18-5-4-16-9-18/h4-7,9,12,17H,8,15H2,1-3H3. The van der Waals surface area contributed by atoms with Crippen LogP contribution in [0.2, 0.25) is 0 Å². The van der Waals surface area contributed by atoms with Gasteiger partial charge in [-0.05, 0) is 44.0 Å². The lowest BCUT2D eigenvalue weighted by Gasteiger charge is -2.17. The van der Waals surface area contributed by atoms with Gasteiger partial charge in [0.25, 0.3) is 0 Å². The fourth-order valence-electron chi connectivity index (χ4n) is 2.48. The minimum atomic E-state index is -3.58. The molecule has 0 spiro atoms. The lowest BCUT2D eigenvalue weighted by Crippen LogP contribution is -2.36. The maximum Gasteiger partial charge on any atom is 0.241 e. The third kappa shape index (κ3) is 3.62. The third-order valence-corrected chi connectivity index (χ3v) is 5.05. The summed E-state index contributed by atoms with van der Waals surface area (Å²) in [6, 6.07) is 3.09. The predicted octanol–water partition coefficient (Wildman–Crippen LogP) is 1.45. The van der Waals surface area contributed by atoms with Crippen LogP contribution in [0.15, 0.2) is 35.7 Å². The SMILES string of the molecule is Cc1cc(N)cc(C)c1S(=O)(=O)NC(C)Cn1ccnc1. The van der Waals surface area contributed by atoms with Gasteiger partial charge in [0.05, 0.1) is 11.2 Å². The van der Waals surface area contributed by atoms with Crippen LogP contribution < -0.4 is 10.5 Å². The first-order valence-electron chi connectivity index (χ1n) is 6.64. The molecule has 1 heterocycles. The fourth-order valence-corrected chi connectivity index (χ4v) is 4.17. The van der Waals surface area contributed by atoms with Crippen molar-refractivity contribution in [1.29, 1.82) is 0 Å². The van der Waals surface area contributed by atoms with Gasteiger partial charge in [-0.1, -0.05) is 0 Å². The number of hydrogen-bond acceptors (Lipinski definition) is 4. The summed E-state index contributed by atoms with van der Waals surface area (Å²) in [5.41, 5.74) is 7.60. The second kappa shape index (κ2) is 5.87. The third-order valence-electron chi connectivity index (χ3n) is 3.15. The zero-order valence-electron chi connectivity index (χ0n) is 12.4. The summed E-state index contributed by atoms with van der Waals surface area (Å²) in [5, 5.41) is 0. The number of nitrogens with one attached hydrogen (secondary N) is 1. The zero-order valence-corrected chi connectivity index (χ0v) is 13.2. The van der Waals surface area contributed by atoms with Crippen molar-refractivity contribution in [1.82, 2.24) is 14.3 Å². The minimum Gasteiger partial charge on any atom is -0.399 e. The highest BCUT2D eigenvalue weighted by molar-refractivity contribution is 7.89. The van der Waals surface area contributed by atoms with Gasteiger partial charge in [-0.3, -0.25) is 0 Å². The number of nitrogens with two attached hydrogens (primary N) is 1. The number of imidazole rings is 1. The first kappa shape index (κ1) is 15.5. The molecule has 0 aliphatic heterocycles. The average molecular weight is 308 g/mol. The Morgan fingerprint density at radius 3 is 2.48 bits per heavy atom. The van der Waals surface area contributed by atoms with E-state index >= 15 is 0 Å². The average Bonchev–Trinajstić information content (AvgIpc) is 2.78. The summed E-state index contributed by atoms with van der Waals surface area (Å²) in [6.45, 7) is 5.84. The molecule has 0 fully saturated rings. The first-order valence-corrected chi connectivity index (χ1v) is 8.12. The summed E-state index contributed by atoms with van der Waals surface area (Å²) in [7, 11) is -3.58. The molecule has 1 atom stereocenters. The van der Waals surface area contributed by atoms with E-state index in [4.69, 9.17) is 5.73 Å². The second-order valence-corrected chi connectivity index (χ2v) is 6.92. The Morgan fingerprint density at radius 2 is 1.95 bits per heavy atom. The van der Waals surface area contributed by atoms with E-state index in [1.54, 1.807) is 44.7 Å². The maximum atomic E-state index is 12.5. The maximum absolute atomic E-state index is 12.5. The van der Waals surface area contributed by atoms with E-state index < -0.39 is 10.0 Å². The molecule has 6 nitrogen and oxygen atoms in total. The molecular formula is C14H20N4O2S. The molecule has 2 aromatic rings. The Morgan fingerprint density at radius 1 is 1.33 bits per heavy atom. The fraction of sp³-hybridized carbons (Fsp3) is 0.357. The van der Waals surface area contributed by atoms with Crippen molar-refractivity contribution in [2.45, 2.75) is 38.3 Å². The number of anilines is 1. The molecule has 0 aliphatic carbocycles. The summed E-state index contributed by atoms with van der Waals surface area (Å²) < 4.78 is 29.6. The van der Waals surface area contributed by atoms with Gasteiger partial charge in [0.15, 0.2) is 0 Å². The summed E-state index contributed by atoms with van der Waals surface area (Å²) in [5.74, 6) is 0. The molecule has 0 saturated carbocycles. The number of aryl methyl sites for hydroxylation is 2. The van der Waals surface area contributed by atoms with E-state index in [2.05, 4.69) is 9.71 Å². The van der Waals surface area contributed by atoms with Crippen molar-refractivity contribution in [3.05, 3.63) is 42.0 Å². The van der Waals surface area contributed by atoms with Crippen LogP contribution in [-0.2, 0) is 16.6 Å². The summed E-state index contributed by atoms with van der Waals surface area (Å²) in [6.07, 6.45) is 5.12. The molecule has 21 heavy (non-hydrogen) atoms. The Labute approximate surface area is 125 Å². The van der Waals surface area contributed by atoms with Crippen LogP contribution in [0.4, 0.5) is 5.69 Å². The molecule has 1 unspecified atom stereocenters. The van der Waals surface area contributed by atoms with Crippen molar-refractivity contribution in [3.8, 4) is 0 Å². The van der Waals surface area contributed by atoms with Crippen LogP contribution in [0.1, 0.15) is 18.1 Å². The molecule has 2 rings (SSSR count). The molecule has 1 aromatic heterocycles. The first-order chi connectivity index (χ1) is 9.79. The number of aromatic nitrogens is 2. The smallest absolute Gasteiger partial charge is 0.241 e. The van der Waals surface area contributed by atoms with E-state index in [1.165, 1.54) is 0 Å². The molecule has 0 aliphatic rings. The van der Waals surface area contributed by atoms with Crippen molar-refractivity contribution < 1.29 is 8.42 Å². The minimum absolute atomic E-state index is 0.249. The van der Waals surface area contributed by atoms with Gasteiger partial charge in [-0.15, -0.1) is 0 Å². The molecule has 0 saturated heterocycles. The van der Waals surface area contributed by atoms with Gasteiger partial charge in [-0.2, -0.15) is 0 Å². The molecule has 7 heteroatoms. The van der Waals surface area contributed by atoms with E-state index in [0.29, 0.717) is 28.3 Å². The number of nitrogens with zero attached hydrogens (tertiary/aromatic N) is 2. The van der Waals surface area contributed by atoms with Gasteiger partial charge in [0.2, 0.25) is 10.0 Å². The van der Waals surface area contributed by atoms with E-state index in [0.717, 1.165) is 0 Å². The highest BCUT2D eigenvalue weighted by Crippen LogP contribution is 2.23. The molecular weight excluding hydrogens is 288 g/mol. The lowest BCUT2D eigenvalue weighted by atomic mass is 10.1. The van der Waals surface area contributed by atoms with Crippen LogP contribution in [0.3, 0.4) is 0 Å². The summed E-state index contributed by atoms with van der Waals surface area (Å²) in [4.78, 5) is 4.24. The van der Waals surface area contributed by atoms with E-state index in [1.807, 2.05) is 11.5 Å². The van der Waals surface area contributed by atoms with E-state index in [-0.39, 0.29) is 6.04 Å². The number of sulfonamides is 1. The molecule has 0 amide bonds. The van der Waals surface area contributed by atoms with Crippen LogP contribution >= 0.6 is 0 Å². The molecule has 0 radical (unpaired) electrons. The van der Waals surface area contributed by atoms with Crippen LogP contribution in [0.25, 0.3) is 0 Å². The van der Waals surface area contributed by atoms with Gasteiger partial charge >= 0.3 is 0 Å². The molecule has 3 N–H and O–H groups in total. The highest BCUT2D eigenvalue weighted by Gasteiger charge is 2.22. The Hall–Kier alpha value is -1.86. The lowest BCUT2D eigenvalue weighted by molar-refractivity contribution is 0.520. The van der Waals surface area contributed by atoms with Crippen molar-refractivity contribution >= 4 is 15.7 Å². The Balaban J connectivity index is 2.22. The number of benzene rings is 1. The van der Waals surface area contributed by atoms with Crippen molar-refractivity contribution in [2.24, 2.45) is 0 Å². The molecule has 1 aromatic carbocycles. The normalized spacial score (nSPS) is 13.3. The molecule has 114 valence electrons. The van der Waals surface area contributed by atoms with Crippen LogP contribution in [0.5, 0.6) is 0 Å².